The van der Waals surface area contributed by atoms with Gasteiger partial charge in [-0.3, -0.25) is 14.5 Å². The topological polar surface area (TPSA) is 61.4 Å². The van der Waals surface area contributed by atoms with Crippen LogP contribution in [-0.2, 0) is 9.59 Å². The molecule has 2 aliphatic rings. The summed E-state index contributed by atoms with van der Waals surface area (Å²) < 4.78 is 0. The van der Waals surface area contributed by atoms with Crippen molar-refractivity contribution in [2.45, 2.75) is 64.0 Å². The van der Waals surface area contributed by atoms with Crippen LogP contribution < -0.4 is 10.6 Å². The molecule has 136 valence electrons. The van der Waals surface area contributed by atoms with Crippen molar-refractivity contribution >= 4 is 17.5 Å². The summed E-state index contributed by atoms with van der Waals surface area (Å²) in [5.74, 6) is 0.349. The summed E-state index contributed by atoms with van der Waals surface area (Å²) in [6, 6.07) is 8.54. The SMILES string of the molecule is CC(=O)Nc1cccc([C@@H]2CN(C(C)C)C[C@]23CCCCC(=O)N3)c1. The number of carbonyl (C=O) groups is 2. The van der Waals surface area contributed by atoms with Crippen LogP contribution in [0.2, 0.25) is 0 Å². The third-order valence-corrected chi connectivity index (χ3v) is 5.57. The van der Waals surface area contributed by atoms with Crippen molar-refractivity contribution in [2.24, 2.45) is 0 Å². The Hall–Kier alpha value is -1.88. The van der Waals surface area contributed by atoms with E-state index in [9.17, 15) is 9.59 Å². The summed E-state index contributed by atoms with van der Waals surface area (Å²) in [4.78, 5) is 26.2. The Kier molecular flexibility index (Phi) is 5.13. The normalized spacial score (nSPS) is 27.4. The van der Waals surface area contributed by atoms with Gasteiger partial charge in [-0.1, -0.05) is 18.6 Å². The molecule has 1 aromatic carbocycles. The van der Waals surface area contributed by atoms with Gasteiger partial charge in [0.2, 0.25) is 11.8 Å². The van der Waals surface area contributed by atoms with E-state index in [1.54, 1.807) is 0 Å². The van der Waals surface area contributed by atoms with Gasteiger partial charge in [0.15, 0.2) is 0 Å². The summed E-state index contributed by atoms with van der Waals surface area (Å²) in [5, 5.41) is 6.26. The zero-order chi connectivity index (χ0) is 18.0. The van der Waals surface area contributed by atoms with E-state index in [0.717, 1.165) is 38.0 Å². The molecular weight excluding hydrogens is 314 g/mol. The number of hydrogen-bond acceptors (Lipinski definition) is 3. The second-order valence-electron chi connectivity index (χ2n) is 7.79. The van der Waals surface area contributed by atoms with Gasteiger partial charge in [0, 0.05) is 44.1 Å². The third kappa shape index (κ3) is 3.87. The Morgan fingerprint density at radius 1 is 1.36 bits per heavy atom. The Morgan fingerprint density at radius 3 is 2.88 bits per heavy atom. The van der Waals surface area contributed by atoms with Gasteiger partial charge in [-0.25, -0.2) is 0 Å². The molecule has 0 radical (unpaired) electrons. The predicted molar refractivity (Wildman–Crippen MR) is 99.5 cm³/mol. The van der Waals surface area contributed by atoms with Gasteiger partial charge in [0.1, 0.15) is 0 Å². The summed E-state index contributed by atoms with van der Waals surface area (Å²) in [6.07, 6.45) is 3.68. The molecule has 2 fully saturated rings. The second-order valence-corrected chi connectivity index (χ2v) is 7.79. The lowest BCUT2D eigenvalue weighted by atomic mass is 9.79. The van der Waals surface area contributed by atoms with E-state index in [1.165, 1.54) is 12.5 Å². The number of rotatable bonds is 3. The highest BCUT2D eigenvalue weighted by atomic mass is 16.2. The number of hydrogen-bond donors (Lipinski definition) is 2. The first-order valence-corrected chi connectivity index (χ1v) is 9.32. The number of benzene rings is 1. The smallest absolute Gasteiger partial charge is 0.221 e. The fourth-order valence-electron chi connectivity index (χ4n) is 4.31. The molecule has 2 heterocycles. The summed E-state index contributed by atoms with van der Waals surface area (Å²) in [6.45, 7) is 7.77. The van der Waals surface area contributed by atoms with Gasteiger partial charge in [0.25, 0.3) is 0 Å². The zero-order valence-electron chi connectivity index (χ0n) is 15.5. The van der Waals surface area contributed by atoms with E-state index < -0.39 is 0 Å². The number of amides is 2. The third-order valence-electron chi connectivity index (χ3n) is 5.57. The number of nitrogens with one attached hydrogen (secondary N) is 2. The van der Waals surface area contributed by atoms with E-state index in [-0.39, 0.29) is 23.3 Å². The molecule has 0 bridgehead atoms. The average Bonchev–Trinajstić information content (AvgIpc) is 2.80. The quantitative estimate of drug-likeness (QED) is 0.887. The van der Waals surface area contributed by atoms with Crippen LogP contribution in [0.15, 0.2) is 24.3 Å². The summed E-state index contributed by atoms with van der Waals surface area (Å²) >= 11 is 0. The van der Waals surface area contributed by atoms with Crippen molar-refractivity contribution in [2.75, 3.05) is 18.4 Å². The van der Waals surface area contributed by atoms with Crippen LogP contribution in [0.25, 0.3) is 0 Å². The molecule has 3 rings (SSSR count). The molecule has 1 spiro atoms. The van der Waals surface area contributed by atoms with Gasteiger partial charge in [-0.2, -0.15) is 0 Å². The molecule has 2 saturated heterocycles. The van der Waals surface area contributed by atoms with Crippen molar-refractivity contribution in [3.63, 3.8) is 0 Å². The van der Waals surface area contributed by atoms with Crippen molar-refractivity contribution in [1.82, 2.24) is 10.2 Å². The molecule has 0 unspecified atom stereocenters. The van der Waals surface area contributed by atoms with Crippen LogP contribution in [0.1, 0.15) is 57.9 Å². The van der Waals surface area contributed by atoms with Gasteiger partial charge >= 0.3 is 0 Å². The maximum atomic E-state index is 12.3. The predicted octanol–water partition coefficient (Wildman–Crippen LogP) is 2.88. The molecule has 2 aliphatic heterocycles. The van der Waals surface area contributed by atoms with Gasteiger partial charge in [-0.15, -0.1) is 0 Å². The van der Waals surface area contributed by atoms with Gasteiger partial charge < -0.3 is 10.6 Å². The van der Waals surface area contributed by atoms with Crippen molar-refractivity contribution in [1.29, 1.82) is 0 Å². The molecular formula is C20H29N3O2. The first-order valence-electron chi connectivity index (χ1n) is 9.32. The van der Waals surface area contributed by atoms with Crippen LogP contribution in [0.4, 0.5) is 5.69 Å². The molecule has 0 aromatic heterocycles. The van der Waals surface area contributed by atoms with E-state index in [1.807, 2.05) is 12.1 Å². The standard InChI is InChI=1S/C20H29N3O2/c1-14(2)23-12-18(16-7-6-8-17(11-16)21-15(3)24)20(13-23)10-5-4-9-19(25)22-20/h6-8,11,14,18H,4-5,9-10,12-13H2,1-3H3,(H,21,24)(H,22,25)/t18-,20+/m0/s1. The second kappa shape index (κ2) is 7.16. The monoisotopic (exact) mass is 343 g/mol. The molecule has 2 atom stereocenters. The highest BCUT2D eigenvalue weighted by Crippen LogP contribution is 2.42. The van der Waals surface area contributed by atoms with E-state index in [4.69, 9.17) is 0 Å². The van der Waals surface area contributed by atoms with Crippen LogP contribution >= 0.6 is 0 Å². The number of nitrogens with zero attached hydrogens (tertiary/aromatic N) is 1. The average molecular weight is 343 g/mol. The van der Waals surface area contributed by atoms with Crippen molar-refractivity contribution in [3.05, 3.63) is 29.8 Å². The number of likely N-dealkylation sites (tertiary alicyclic amines) is 1. The Morgan fingerprint density at radius 2 is 2.16 bits per heavy atom. The molecule has 5 nitrogen and oxygen atoms in total. The minimum atomic E-state index is -0.202. The first kappa shape index (κ1) is 17.9. The maximum absolute atomic E-state index is 12.3. The van der Waals surface area contributed by atoms with Crippen LogP contribution in [0.5, 0.6) is 0 Å². The van der Waals surface area contributed by atoms with E-state index >= 15 is 0 Å². The molecule has 1 aromatic rings. The molecule has 2 N–H and O–H groups in total. The van der Waals surface area contributed by atoms with Crippen molar-refractivity contribution in [3.8, 4) is 0 Å². The highest BCUT2D eigenvalue weighted by molar-refractivity contribution is 5.88. The summed E-state index contributed by atoms with van der Waals surface area (Å²) in [7, 11) is 0. The number of carbonyl (C=O) groups excluding carboxylic acids is 2. The van der Waals surface area contributed by atoms with Crippen LogP contribution in [-0.4, -0.2) is 41.4 Å². The van der Waals surface area contributed by atoms with E-state index in [2.05, 4.69) is 41.5 Å². The fraction of sp³-hybridized carbons (Fsp3) is 0.600. The minimum absolute atomic E-state index is 0.0649. The lowest BCUT2D eigenvalue weighted by Gasteiger charge is -2.35. The lowest BCUT2D eigenvalue weighted by Crippen LogP contribution is -2.52. The fourth-order valence-corrected chi connectivity index (χ4v) is 4.31. The molecule has 0 saturated carbocycles. The first-order chi connectivity index (χ1) is 11.9. The Balaban J connectivity index is 1.95. The van der Waals surface area contributed by atoms with E-state index in [0.29, 0.717) is 12.5 Å². The zero-order valence-corrected chi connectivity index (χ0v) is 15.5. The Labute approximate surface area is 150 Å². The highest BCUT2D eigenvalue weighted by Gasteiger charge is 2.48. The van der Waals surface area contributed by atoms with Gasteiger partial charge in [-0.05, 0) is 44.4 Å². The number of anilines is 1. The largest absolute Gasteiger partial charge is 0.349 e. The van der Waals surface area contributed by atoms with Gasteiger partial charge in [0.05, 0.1) is 5.54 Å². The van der Waals surface area contributed by atoms with Crippen LogP contribution in [0, 0.1) is 0 Å². The summed E-state index contributed by atoms with van der Waals surface area (Å²) in [5.41, 5.74) is 1.81. The molecule has 2 amide bonds. The lowest BCUT2D eigenvalue weighted by molar-refractivity contribution is -0.122. The Bertz CT molecular complexity index is 658. The molecule has 5 heteroatoms. The minimum Gasteiger partial charge on any atom is -0.349 e. The molecule has 25 heavy (non-hydrogen) atoms. The van der Waals surface area contributed by atoms with Crippen molar-refractivity contribution < 1.29 is 9.59 Å². The molecule has 0 aliphatic carbocycles. The van der Waals surface area contributed by atoms with Crippen LogP contribution in [0.3, 0.4) is 0 Å². The maximum Gasteiger partial charge on any atom is 0.221 e.